The second-order valence-corrected chi connectivity index (χ2v) is 11.8. The molecule has 0 radical (unpaired) electrons. The first-order valence-corrected chi connectivity index (χ1v) is 14.2. The van der Waals surface area contributed by atoms with Gasteiger partial charge in [-0.25, -0.2) is 8.42 Å². The van der Waals surface area contributed by atoms with E-state index in [-0.39, 0.29) is 22.8 Å². The highest BCUT2D eigenvalue weighted by Crippen LogP contribution is 2.25. The van der Waals surface area contributed by atoms with Gasteiger partial charge < -0.3 is 10.2 Å². The molecule has 3 fully saturated rings. The van der Waals surface area contributed by atoms with Crippen LogP contribution >= 0.6 is 0 Å². The average molecular weight is 491 g/mol. The highest BCUT2D eigenvalue weighted by molar-refractivity contribution is 7.89. The van der Waals surface area contributed by atoms with Gasteiger partial charge in [-0.05, 0) is 82.8 Å². The van der Waals surface area contributed by atoms with Crippen LogP contribution in [0.2, 0.25) is 0 Å². The van der Waals surface area contributed by atoms with Gasteiger partial charge in [0.15, 0.2) is 0 Å². The van der Waals surface area contributed by atoms with Crippen LogP contribution in [0.4, 0.5) is 5.69 Å². The molecule has 1 aromatic carbocycles. The van der Waals surface area contributed by atoms with Crippen molar-refractivity contribution in [2.24, 2.45) is 5.92 Å². The first kappa shape index (κ1) is 25.1. The van der Waals surface area contributed by atoms with Crippen LogP contribution in [0.3, 0.4) is 0 Å². The topological polar surface area (TPSA) is 90.0 Å². The van der Waals surface area contributed by atoms with Crippen molar-refractivity contribution < 1.29 is 18.0 Å². The van der Waals surface area contributed by atoms with Crippen LogP contribution < -0.4 is 5.32 Å². The van der Waals surface area contributed by atoms with E-state index in [1.165, 1.54) is 17.1 Å². The lowest BCUT2D eigenvalue weighted by Crippen LogP contribution is -2.48. The SMILES string of the molecule is C[C@H](C(=O)Nc1ccc(S(=O)(=O)N2CCCC2)cc1)N1CCC(C(=O)N2CCCCCC2)CC1. The number of hydrogen-bond acceptors (Lipinski definition) is 5. The van der Waals surface area contributed by atoms with Gasteiger partial charge in [0, 0.05) is 37.8 Å². The van der Waals surface area contributed by atoms with Crippen molar-refractivity contribution in [1.82, 2.24) is 14.1 Å². The minimum atomic E-state index is -3.46. The summed E-state index contributed by atoms with van der Waals surface area (Å²) in [6, 6.07) is 6.11. The third-order valence-corrected chi connectivity index (χ3v) is 9.46. The number of carbonyl (C=O) groups excluding carboxylic acids is 2. The summed E-state index contributed by atoms with van der Waals surface area (Å²) in [7, 11) is -3.46. The molecule has 4 rings (SSSR count). The lowest BCUT2D eigenvalue weighted by molar-refractivity contribution is -0.137. The van der Waals surface area contributed by atoms with E-state index in [9.17, 15) is 18.0 Å². The zero-order valence-corrected chi connectivity index (χ0v) is 21.1. The summed E-state index contributed by atoms with van der Waals surface area (Å²) in [5.74, 6) is 0.241. The van der Waals surface area contributed by atoms with E-state index in [2.05, 4.69) is 15.1 Å². The number of benzene rings is 1. The number of carbonyl (C=O) groups is 2. The van der Waals surface area contributed by atoms with Crippen molar-refractivity contribution in [3.63, 3.8) is 0 Å². The summed E-state index contributed by atoms with van der Waals surface area (Å²) in [4.78, 5) is 30.2. The third-order valence-electron chi connectivity index (χ3n) is 7.55. The van der Waals surface area contributed by atoms with Crippen LogP contribution in [0.25, 0.3) is 0 Å². The summed E-state index contributed by atoms with van der Waals surface area (Å²) in [5.41, 5.74) is 0.587. The molecule has 1 aromatic rings. The average Bonchev–Trinajstić information content (AvgIpc) is 3.28. The summed E-state index contributed by atoms with van der Waals surface area (Å²) in [6.45, 7) is 6.25. The molecule has 3 aliphatic heterocycles. The van der Waals surface area contributed by atoms with E-state index in [0.29, 0.717) is 24.7 Å². The smallest absolute Gasteiger partial charge is 0.243 e. The van der Waals surface area contributed by atoms with Gasteiger partial charge >= 0.3 is 0 Å². The van der Waals surface area contributed by atoms with Gasteiger partial charge in [-0.15, -0.1) is 0 Å². The maximum atomic E-state index is 12.9. The number of amides is 2. The number of likely N-dealkylation sites (tertiary alicyclic amines) is 2. The second kappa shape index (κ2) is 11.2. The molecule has 0 saturated carbocycles. The molecule has 188 valence electrons. The molecule has 2 amide bonds. The molecular weight excluding hydrogens is 452 g/mol. The molecule has 3 saturated heterocycles. The summed E-state index contributed by atoms with van der Waals surface area (Å²) < 4.78 is 26.9. The fourth-order valence-electron chi connectivity index (χ4n) is 5.28. The number of piperidine rings is 1. The third kappa shape index (κ3) is 5.80. The van der Waals surface area contributed by atoms with Crippen molar-refractivity contribution in [2.45, 2.75) is 69.2 Å². The fourth-order valence-corrected chi connectivity index (χ4v) is 6.80. The van der Waals surface area contributed by atoms with Crippen LogP contribution in [-0.4, -0.2) is 79.6 Å². The Morgan fingerprint density at radius 1 is 0.853 bits per heavy atom. The summed E-state index contributed by atoms with van der Waals surface area (Å²) >= 11 is 0. The van der Waals surface area contributed by atoms with Gasteiger partial charge in [-0.1, -0.05) is 12.8 Å². The zero-order valence-electron chi connectivity index (χ0n) is 20.2. The van der Waals surface area contributed by atoms with Crippen LogP contribution in [0.15, 0.2) is 29.2 Å². The summed E-state index contributed by atoms with van der Waals surface area (Å²) in [5, 5.41) is 2.92. The maximum absolute atomic E-state index is 12.9. The Kier molecular flexibility index (Phi) is 8.26. The van der Waals surface area contributed by atoms with E-state index in [1.807, 2.05) is 6.92 Å². The normalized spacial score (nSPS) is 22.3. The number of sulfonamides is 1. The predicted octanol–water partition coefficient (Wildman–Crippen LogP) is 2.91. The Morgan fingerprint density at radius 3 is 2.00 bits per heavy atom. The second-order valence-electron chi connectivity index (χ2n) is 9.85. The molecule has 0 aliphatic carbocycles. The predicted molar refractivity (Wildman–Crippen MR) is 132 cm³/mol. The Bertz CT molecular complexity index is 944. The Hall–Kier alpha value is -1.97. The molecule has 0 bridgehead atoms. The van der Waals surface area contributed by atoms with Crippen molar-refractivity contribution in [2.75, 3.05) is 44.6 Å². The van der Waals surface area contributed by atoms with Gasteiger partial charge in [0.1, 0.15) is 0 Å². The molecule has 1 atom stereocenters. The fraction of sp³-hybridized carbons (Fsp3) is 0.680. The van der Waals surface area contributed by atoms with Crippen LogP contribution in [0.1, 0.15) is 58.3 Å². The molecule has 9 heteroatoms. The molecule has 1 N–H and O–H groups in total. The molecule has 0 spiro atoms. The zero-order chi connectivity index (χ0) is 24.1. The van der Waals surface area contributed by atoms with E-state index < -0.39 is 10.0 Å². The molecule has 3 heterocycles. The van der Waals surface area contributed by atoms with Gasteiger partial charge in [-0.3, -0.25) is 14.5 Å². The van der Waals surface area contributed by atoms with Crippen LogP contribution in [0.5, 0.6) is 0 Å². The number of anilines is 1. The van der Waals surface area contributed by atoms with E-state index >= 15 is 0 Å². The van der Waals surface area contributed by atoms with Gasteiger partial charge in [0.2, 0.25) is 21.8 Å². The van der Waals surface area contributed by atoms with Gasteiger partial charge in [0.05, 0.1) is 10.9 Å². The van der Waals surface area contributed by atoms with Gasteiger partial charge in [0.25, 0.3) is 0 Å². The number of rotatable bonds is 6. The van der Waals surface area contributed by atoms with Gasteiger partial charge in [-0.2, -0.15) is 4.31 Å². The Labute approximate surface area is 203 Å². The highest BCUT2D eigenvalue weighted by Gasteiger charge is 2.32. The van der Waals surface area contributed by atoms with Crippen molar-refractivity contribution in [3.05, 3.63) is 24.3 Å². The minimum absolute atomic E-state index is 0.0645. The number of nitrogens with zero attached hydrogens (tertiary/aromatic N) is 3. The Morgan fingerprint density at radius 2 is 1.41 bits per heavy atom. The van der Waals surface area contributed by atoms with Crippen LogP contribution in [-0.2, 0) is 19.6 Å². The quantitative estimate of drug-likeness (QED) is 0.662. The lowest BCUT2D eigenvalue weighted by Gasteiger charge is -2.36. The molecule has 0 aromatic heterocycles. The Balaban J connectivity index is 1.27. The maximum Gasteiger partial charge on any atom is 0.243 e. The standard InChI is InChI=1S/C25H38N4O4S/c1-20(27-18-12-21(13-19-27)25(31)28-14-4-2-3-5-15-28)24(30)26-22-8-10-23(11-9-22)34(32,33)29-16-6-7-17-29/h8-11,20-21H,2-7,12-19H2,1H3,(H,26,30)/t20-/m1/s1. The van der Waals surface area contributed by atoms with E-state index in [1.54, 1.807) is 24.3 Å². The van der Waals surface area contributed by atoms with Crippen LogP contribution in [0, 0.1) is 5.92 Å². The lowest BCUT2D eigenvalue weighted by atomic mass is 9.94. The first-order valence-electron chi connectivity index (χ1n) is 12.8. The number of nitrogens with one attached hydrogen (secondary N) is 1. The molecule has 34 heavy (non-hydrogen) atoms. The molecule has 0 unspecified atom stereocenters. The highest BCUT2D eigenvalue weighted by atomic mass is 32.2. The van der Waals surface area contributed by atoms with E-state index in [4.69, 9.17) is 0 Å². The largest absolute Gasteiger partial charge is 0.342 e. The number of hydrogen-bond donors (Lipinski definition) is 1. The first-order chi connectivity index (χ1) is 16.4. The van der Waals surface area contributed by atoms with Crippen molar-refractivity contribution in [3.8, 4) is 0 Å². The molecule has 3 aliphatic rings. The van der Waals surface area contributed by atoms with E-state index in [0.717, 1.165) is 64.7 Å². The van der Waals surface area contributed by atoms with Crippen molar-refractivity contribution >= 4 is 27.5 Å². The molecular formula is C25H38N4O4S. The monoisotopic (exact) mass is 490 g/mol. The molecule has 8 nitrogen and oxygen atoms in total. The van der Waals surface area contributed by atoms with Crippen molar-refractivity contribution in [1.29, 1.82) is 0 Å². The minimum Gasteiger partial charge on any atom is -0.342 e. The summed E-state index contributed by atoms with van der Waals surface area (Å²) in [6.07, 6.45) is 8.01.